The number of aromatic hydroxyl groups is 1. The van der Waals surface area contributed by atoms with Gasteiger partial charge in [0.2, 0.25) is 5.91 Å². The minimum atomic E-state index is -2.74. The third kappa shape index (κ3) is 3.03. The number of Topliss-reactive ketones (excluding diaryl/α,β-unsaturated/α-hetero) is 4. The standard InChI is InChI=1S/C23H23ClN2O7/c1-8(24)10-4-5-13(27)15-11(10)6-9-7-12-17(26(2)3)19(29)16(22(25)32)21(31)23(12,33)20(30)14(9)18(15)28/h4-5,9,12,14,16-17,27,33H,1,6-7H2,2-3H3,(H2,25,32)/t9-,12-,14?,16?,17+,23-/m0/s1. The predicted octanol–water partition coefficient (Wildman–Crippen LogP) is 0.0765. The Balaban J connectivity index is 1.90. The number of carbonyl (C=O) groups excluding carboxylic acids is 5. The second-order valence-corrected chi connectivity index (χ2v) is 9.64. The Bertz CT molecular complexity index is 1160. The first-order valence-electron chi connectivity index (χ1n) is 10.4. The average Bonchev–Trinajstić information content (AvgIpc) is 2.70. The fourth-order valence-electron chi connectivity index (χ4n) is 5.86. The summed E-state index contributed by atoms with van der Waals surface area (Å²) in [7, 11) is 3.06. The quantitative estimate of drug-likeness (QED) is 0.520. The molecule has 0 aliphatic heterocycles. The second kappa shape index (κ2) is 7.58. The van der Waals surface area contributed by atoms with Gasteiger partial charge in [-0.05, 0) is 56.1 Å². The SMILES string of the molecule is C=C(Cl)c1ccc(O)c2c1C[C@H]1C[C@H]3[C@@H](N(C)C)C(=O)C(C(N)=O)C(=O)[C@@]3(O)C(=O)C1C2=O. The maximum atomic E-state index is 13.6. The molecule has 9 nitrogen and oxygen atoms in total. The monoisotopic (exact) mass is 474 g/mol. The molecule has 1 aromatic carbocycles. The van der Waals surface area contributed by atoms with Crippen LogP contribution in [0.3, 0.4) is 0 Å². The van der Waals surface area contributed by atoms with E-state index in [2.05, 4.69) is 6.58 Å². The zero-order valence-electron chi connectivity index (χ0n) is 18.0. The van der Waals surface area contributed by atoms with Crippen LogP contribution in [0.25, 0.3) is 5.03 Å². The van der Waals surface area contributed by atoms with Crippen LogP contribution in [-0.2, 0) is 25.6 Å². The van der Waals surface area contributed by atoms with Crippen LogP contribution in [0.4, 0.5) is 0 Å². The number of phenols is 1. The summed E-state index contributed by atoms with van der Waals surface area (Å²) in [4.78, 5) is 66.6. The summed E-state index contributed by atoms with van der Waals surface area (Å²) in [6.07, 6.45) is 0.120. The van der Waals surface area contributed by atoms with E-state index in [0.717, 1.165) is 0 Å². The highest BCUT2D eigenvalue weighted by Crippen LogP contribution is 2.51. The number of nitrogens with two attached hydrogens (primary N) is 1. The molecule has 1 aromatic rings. The van der Waals surface area contributed by atoms with Crippen LogP contribution in [0.1, 0.15) is 27.9 Å². The van der Waals surface area contributed by atoms with Crippen LogP contribution < -0.4 is 5.73 Å². The van der Waals surface area contributed by atoms with Gasteiger partial charge < -0.3 is 15.9 Å². The van der Waals surface area contributed by atoms with Crippen LogP contribution >= 0.6 is 11.6 Å². The third-order valence-electron chi connectivity index (χ3n) is 7.24. The van der Waals surface area contributed by atoms with E-state index in [1.165, 1.54) is 31.1 Å². The van der Waals surface area contributed by atoms with Gasteiger partial charge in [0.25, 0.3) is 0 Å². The number of halogens is 1. The number of hydrogen-bond donors (Lipinski definition) is 3. The van der Waals surface area contributed by atoms with Gasteiger partial charge in [0.05, 0.1) is 17.5 Å². The number of rotatable bonds is 3. The van der Waals surface area contributed by atoms with Gasteiger partial charge in [-0.2, -0.15) is 0 Å². The molecule has 2 saturated carbocycles. The van der Waals surface area contributed by atoms with Crippen molar-refractivity contribution < 1.29 is 34.2 Å². The maximum Gasteiger partial charge on any atom is 0.235 e. The molecule has 10 heteroatoms. The Morgan fingerprint density at radius 1 is 1.21 bits per heavy atom. The minimum Gasteiger partial charge on any atom is -0.507 e. The summed E-state index contributed by atoms with van der Waals surface area (Å²) < 4.78 is 0. The molecular formula is C23H23ClN2O7. The van der Waals surface area contributed by atoms with E-state index in [0.29, 0.717) is 11.1 Å². The largest absolute Gasteiger partial charge is 0.507 e. The average molecular weight is 475 g/mol. The summed E-state index contributed by atoms with van der Waals surface area (Å²) in [5.74, 6) is -10.8. The van der Waals surface area contributed by atoms with Gasteiger partial charge in [-0.1, -0.05) is 18.2 Å². The Labute approximate surface area is 194 Å². The molecule has 174 valence electrons. The second-order valence-electron chi connectivity index (χ2n) is 9.18. The molecule has 0 spiro atoms. The van der Waals surface area contributed by atoms with E-state index in [1.54, 1.807) is 0 Å². The highest BCUT2D eigenvalue weighted by atomic mass is 35.5. The molecule has 0 saturated heterocycles. The lowest BCUT2D eigenvalue weighted by Crippen LogP contribution is -2.74. The first-order valence-corrected chi connectivity index (χ1v) is 10.8. The molecule has 0 aromatic heterocycles. The van der Waals surface area contributed by atoms with Crippen molar-refractivity contribution in [3.63, 3.8) is 0 Å². The van der Waals surface area contributed by atoms with Crippen LogP contribution in [0.2, 0.25) is 0 Å². The van der Waals surface area contributed by atoms with Crippen LogP contribution in [0.5, 0.6) is 5.75 Å². The third-order valence-corrected chi connectivity index (χ3v) is 7.44. The fraction of sp³-hybridized carbons (Fsp3) is 0.435. The van der Waals surface area contributed by atoms with E-state index >= 15 is 0 Å². The van der Waals surface area contributed by atoms with Crippen LogP contribution in [-0.4, -0.2) is 69.9 Å². The summed E-state index contributed by atoms with van der Waals surface area (Å²) in [6.45, 7) is 3.69. The molecule has 33 heavy (non-hydrogen) atoms. The molecule has 0 radical (unpaired) electrons. The van der Waals surface area contributed by atoms with E-state index in [9.17, 15) is 34.2 Å². The van der Waals surface area contributed by atoms with Crippen molar-refractivity contribution in [1.82, 2.24) is 4.90 Å². The van der Waals surface area contributed by atoms with Crippen molar-refractivity contribution >= 4 is 45.7 Å². The number of carbonyl (C=O) groups is 5. The molecule has 6 atom stereocenters. The number of benzene rings is 1. The molecular weight excluding hydrogens is 452 g/mol. The minimum absolute atomic E-state index is 0.0201. The number of fused-ring (bicyclic) bond motifs is 3. The zero-order chi connectivity index (χ0) is 24.6. The first kappa shape index (κ1) is 23.3. The normalized spacial score (nSPS) is 33.4. The van der Waals surface area contributed by atoms with Crippen LogP contribution in [0.15, 0.2) is 18.7 Å². The molecule has 4 N–H and O–H groups in total. The van der Waals surface area contributed by atoms with Gasteiger partial charge in [0.1, 0.15) is 5.75 Å². The molecule has 2 fully saturated rings. The van der Waals surface area contributed by atoms with Gasteiger partial charge in [-0.15, -0.1) is 0 Å². The predicted molar refractivity (Wildman–Crippen MR) is 116 cm³/mol. The lowest BCUT2D eigenvalue weighted by atomic mass is 9.52. The molecule has 2 unspecified atom stereocenters. The summed E-state index contributed by atoms with van der Waals surface area (Å²) >= 11 is 6.09. The number of phenolic OH excluding ortho intramolecular Hbond substituents is 1. The number of amides is 1. The number of hydrogen-bond acceptors (Lipinski definition) is 8. The van der Waals surface area contributed by atoms with Gasteiger partial charge in [-0.3, -0.25) is 28.9 Å². The van der Waals surface area contributed by atoms with Crippen molar-refractivity contribution in [3.8, 4) is 5.75 Å². The first-order chi connectivity index (χ1) is 15.3. The van der Waals surface area contributed by atoms with Gasteiger partial charge in [-0.25, -0.2) is 0 Å². The highest BCUT2D eigenvalue weighted by Gasteiger charge is 2.69. The Kier molecular flexibility index (Phi) is 5.35. The molecule has 1 amide bonds. The number of likely N-dealkylation sites (N-methyl/N-ethyl adjacent to an activating group) is 1. The number of ketones is 4. The summed E-state index contributed by atoms with van der Waals surface area (Å²) in [6, 6.07) is 1.64. The van der Waals surface area contributed by atoms with Crippen molar-refractivity contribution in [3.05, 3.63) is 35.4 Å². The maximum absolute atomic E-state index is 13.6. The Morgan fingerprint density at radius 2 is 1.85 bits per heavy atom. The van der Waals surface area contributed by atoms with Crippen molar-refractivity contribution in [1.29, 1.82) is 0 Å². The topological polar surface area (TPSA) is 155 Å². The van der Waals surface area contributed by atoms with E-state index in [-0.39, 0.29) is 29.2 Å². The zero-order valence-corrected chi connectivity index (χ0v) is 18.8. The summed E-state index contributed by atoms with van der Waals surface area (Å²) in [5.41, 5.74) is 3.30. The summed E-state index contributed by atoms with van der Waals surface area (Å²) in [5, 5.41) is 22.0. The lowest BCUT2D eigenvalue weighted by Gasteiger charge is -2.52. The molecule has 3 aliphatic carbocycles. The lowest BCUT2D eigenvalue weighted by molar-refractivity contribution is -0.181. The number of aliphatic hydroxyl groups is 1. The Hall–Kier alpha value is -2.88. The molecule has 4 rings (SSSR count). The van der Waals surface area contributed by atoms with Gasteiger partial charge in [0.15, 0.2) is 34.7 Å². The van der Waals surface area contributed by atoms with Gasteiger partial charge >= 0.3 is 0 Å². The van der Waals surface area contributed by atoms with Gasteiger partial charge in [0, 0.05) is 11.0 Å². The number of primary amides is 1. The van der Waals surface area contributed by atoms with Crippen molar-refractivity contribution in [2.24, 2.45) is 29.4 Å². The van der Waals surface area contributed by atoms with Crippen molar-refractivity contribution in [2.75, 3.05) is 14.1 Å². The molecule has 3 aliphatic rings. The number of nitrogens with zero attached hydrogens (tertiary/aromatic N) is 1. The van der Waals surface area contributed by atoms with E-state index in [4.69, 9.17) is 17.3 Å². The smallest absolute Gasteiger partial charge is 0.235 e. The Morgan fingerprint density at radius 3 is 2.39 bits per heavy atom. The molecule has 0 bridgehead atoms. The fourth-order valence-corrected chi connectivity index (χ4v) is 6.04. The van der Waals surface area contributed by atoms with E-state index in [1.807, 2.05) is 0 Å². The van der Waals surface area contributed by atoms with Crippen molar-refractivity contribution in [2.45, 2.75) is 24.5 Å². The van der Waals surface area contributed by atoms with Crippen LogP contribution in [0, 0.1) is 23.7 Å². The molecule has 0 heterocycles. The van der Waals surface area contributed by atoms with E-state index < -0.39 is 64.4 Å². The highest BCUT2D eigenvalue weighted by molar-refractivity contribution is 6.48.